The van der Waals surface area contributed by atoms with E-state index < -0.39 is 11.1 Å². The van der Waals surface area contributed by atoms with Crippen LogP contribution >= 0.6 is 0 Å². The lowest BCUT2D eigenvalue weighted by Gasteiger charge is -2.05. The first-order chi connectivity index (χ1) is 3.68. The van der Waals surface area contributed by atoms with Crippen LogP contribution in [0.5, 0.6) is 0 Å². The van der Waals surface area contributed by atoms with Crippen molar-refractivity contribution in [3.8, 4) is 0 Å². The zero-order chi connectivity index (χ0) is 6.57. The summed E-state index contributed by atoms with van der Waals surface area (Å²) < 4.78 is 20.0. The van der Waals surface area contributed by atoms with Crippen molar-refractivity contribution in [3.05, 3.63) is 11.5 Å². The average molecular weight is 133 g/mol. The van der Waals surface area contributed by atoms with Crippen LogP contribution in [0.3, 0.4) is 0 Å². The Bertz CT molecular complexity index is 109. The Balaban J connectivity index is 3.49. The molecule has 0 saturated carbocycles. The lowest BCUT2D eigenvalue weighted by atomic mass is 10.3. The highest BCUT2D eigenvalue weighted by atomic mass is 32.2. The third kappa shape index (κ3) is 2.93. The van der Waals surface area contributed by atoms with E-state index in [-0.39, 0.29) is 0 Å². The summed E-state index contributed by atoms with van der Waals surface area (Å²) >= 11 is -2.05. The molecule has 48 valence electrons. The predicted molar refractivity (Wildman–Crippen MR) is 33.0 cm³/mol. The number of allylic oxidation sites excluding steroid dienone is 1. The van der Waals surface area contributed by atoms with Crippen molar-refractivity contribution in [2.45, 2.75) is 19.8 Å². The van der Waals surface area contributed by atoms with E-state index >= 15 is 0 Å². The van der Waals surface area contributed by atoms with Gasteiger partial charge >= 0.3 is 0 Å². The van der Waals surface area contributed by atoms with Crippen molar-refractivity contribution >= 4 is 11.1 Å². The molecule has 8 heavy (non-hydrogen) atoms. The zero-order valence-corrected chi connectivity index (χ0v) is 5.66. The third-order valence-electron chi connectivity index (χ3n) is 0.765. The normalized spacial score (nSPS) is 13.2. The van der Waals surface area contributed by atoms with Crippen LogP contribution < -0.4 is 0 Å². The standard InChI is InChI=1S/C5H10O2S/c1-3-4-5(2)8(6)7/h2-4H2,1H3,(H,6,7)/p-1. The van der Waals surface area contributed by atoms with Gasteiger partial charge in [-0.1, -0.05) is 19.9 Å². The lowest BCUT2D eigenvalue weighted by Crippen LogP contribution is -1.89. The van der Waals surface area contributed by atoms with Crippen molar-refractivity contribution in [2.24, 2.45) is 0 Å². The first-order valence-electron chi connectivity index (χ1n) is 2.45. The van der Waals surface area contributed by atoms with Crippen molar-refractivity contribution in [1.29, 1.82) is 0 Å². The first-order valence-corrected chi connectivity index (χ1v) is 3.53. The molecule has 0 fully saturated rings. The number of hydrogen-bond acceptors (Lipinski definition) is 2. The maximum absolute atomic E-state index is 9.99. The van der Waals surface area contributed by atoms with Crippen molar-refractivity contribution in [3.63, 3.8) is 0 Å². The molecular weight excluding hydrogens is 124 g/mol. The molecule has 0 aliphatic carbocycles. The highest BCUT2D eigenvalue weighted by molar-refractivity contribution is 7.83. The minimum absolute atomic E-state index is 0.299. The Morgan fingerprint density at radius 3 is 2.50 bits per heavy atom. The second-order valence-corrected chi connectivity index (χ2v) is 2.57. The fourth-order valence-electron chi connectivity index (χ4n) is 0.362. The molecule has 0 N–H and O–H groups in total. The molecule has 0 rings (SSSR count). The SMILES string of the molecule is C=C(CCC)S(=O)[O-]. The molecule has 0 aromatic carbocycles. The summed E-state index contributed by atoms with van der Waals surface area (Å²) in [5, 5.41) is 0. The summed E-state index contributed by atoms with van der Waals surface area (Å²) in [6.07, 6.45) is 1.42. The molecule has 0 heterocycles. The van der Waals surface area contributed by atoms with Gasteiger partial charge in [-0.15, -0.1) is 0 Å². The second-order valence-electron chi connectivity index (χ2n) is 1.52. The molecular formula is C5H9O2S-. The Hall–Kier alpha value is -0.150. The van der Waals surface area contributed by atoms with E-state index in [1.54, 1.807) is 0 Å². The van der Waals surface area contributed by atoms with E-state index in [2.05, 4.69) is 6.58 Å². The van der Waals surface area contributed by atoms with Gasteiger partial charge in [-0.05, 0) is 22.4 Å². The molecule has 0 aromatic heterocycles. The van der Waals surface area contributed by atoms with Crippen molar-refractivity contribution in [1.82, 2.24) is 0 Å². The fourth-order valence-corrected chi connectivity index (χ4v) is 0.733. The molecule has 0 aliphatic heterocycles. The molecule has 2 nitrogen and oxygen atoms in total. The molecule has 0 aromatic rings. The van der Waals surface area contributed by atoms with Crippen molar-refractivity contribution < 1.29 is 8.76 Å². The summed E-state index contributed by atoms with van der Waals surface area (Å²) in [4.78, 5) is 0.299. The molecule has 0 aliphatic rings. The van der Waals surface area contributed by atoms with Gasteiger partial charge in [0.25, 0.3) is 0 Å². The quantitative estimate of drug-likeness (QED) is 0.542. The van der Waals surface area contributed by atoms with Crippen LogP contribution in [0.15, 0.2) is 11.5 Å². The topological polar surface area (TPSA) is 40.1 Å². The predicted octanol–water partition coefficient (Wildman–Crippen LogP) is 1.18. The van der Waals surface area contributed by atoms with Crippen LogP contribution in [-0.4, -0.2) is 8.76 Å². The van der Waals surface area contributed by atoms with Crippen LogP contribution in [0.25, 0.3) is 0 Å². The summed E-state index contributed by atoms with van der Waals surface area (Å²) in [7, 11) is 0. The largest absolute Gasteiger partial charge is 0.769 e. The van der Waals surface area contributed by atoms with Crippen LogP contribution in [-0.2, 0) is 11.1 Å². The van der Waals surface area contributed by atoms with Gasteiger partial charge in [-0.3, -0.25) is 4.21 Å². The van der Waals surface area contributed by atoms with Gasteiger partial charge in [0, 0.05) is 0 Å². The summed E-state index contributed by atoms with van der Waals surface area (Å²) in [6, 6.07) is 0. The highest BCUT2D eigenvalue weighted by Crippen LogP contribution is 2.03. The zero-order valence-electron chi connectivity index (χ0n) is 4.85. The molecule has 0 saturated heterocycles. The molecule has 0 spiro atoms. The van der Waals surface area contributed by atoms with Gasteiger partial charge in [-0.2, -0.15) is 0 Å². The molecule has 0 radical (unpaired) electrons. The highest BCUT2D eigenvalue weighted by Gasteiger charge is 1.88. The summed E-state index contributed by atoms with van der Waals surface area (Å²) in [6.45, 7) is 5.25. The van der Waals surface area contributed by atoms with E-state index in [1.165, 1.54) is 0 Å². The Kier molecular flexibility index (Phi) is 3.73. The van der Waals surface area contributed by atoms with Gasteiger partial charge in [0.15, 0.2) is 0 Å². The minimum atomic E-state index is -2.05. The smallest absolute Gasteiger partial charge is 0.00479 e. The second kappa shape index (κ2) is 3.80. The minimum Gasteiger partial charge on any atom is -0.769 e. The lowest BCUT2D eigenvalue weighted by molar-refractivity contribution is 0.541. The van der Waals surface area contributed by atoms with Crippen LogP contribution in [0.2, 0.25) is 0 Å². The van der Waals surface area contributed by atoms with E-state index in [1.807, 2.05) is 6.92 Å². The number of hydrogen-bond donors (Lipinski definition) is 0. The molecule has 1 atom stereocenters. The van der Waals surface area contributed by atoms with E-state index in [9.17, 15) is 8.76 Å². The van der Waals surface area contributed by atoms with E-state index in [4.69, 9.17) is 0 Å². The van der Waals surface area contributed by atoms with Crippen molar-refractivity contribution in [2.75, 3.05) is 0 Å². The monoisotopic (exact) mass is 133 g/mol. The Morgan fingerprint density at radius 1 is 1.88 bits per heavy atom. The molecule has 1 unspecified atom stereocenters. The molecule has 0 amide bonds. The molecule has 0 bridgehead atoms. The summed E-state index contributed by atoms with van der Waals surface area (Å²) in [5.41, 5.74) is 0. The Labute approximate surface area is 51.9 Å². The third-order valence-corrected chi connectivity index (χ3v) is 1.44. The van der Waals surface area contributed by atoms with Gasteiger partial charge in [-0.25, -0.2) is 0 Å². The fraction of sp³-hybridized carbons (Fsp3) is 0.600. The van der Waals surface area contributed by atoms with Gasteiger partial charge in [0.05, 0.1) is 0 Å². The van der Waals surface area contributed by atoms with Gasteiger partial charge in [0.1, 0.15) is 0 Å². The van der Waals surface area contributed by atoms with Crippen LogP contribution in [0.4, 0.5) is 0 Å². The maximum atomic E-state index is 9.99. The van der Waals surface area contributed by atoms with Gasteiger partial charge in [0.2, 0.25) is 0 Å². The molecule has 3 heteroatoms. The van der Waals surface area contributed by atoms with Gasteiger partial charge < -0.3 is 4.55 Å². The maximum Gasteiger partial charge on any atom is -0.00479 e. The first kappa shape index (κ1) is 7.85. The Morgan fingerprint density at radius 2 is 2.38 bits per heavy atom. The van der Waals surface area contributed by atoms with Crippen LogP contribution in [0.1, 0.15) is 19.8 Å². The van der Waals surface area contributed by atoms with E-state index in [0.29, 0.717) is 11.3 Å². The van der Waals surface area contributed by atoms with E-state index in [0.717, 1.165) is 6.42 Å². The number of rotatable bonds is 3. The summed E-state index contributed by atoms with van der Waals surface area (Å²) in [5.74, 6) is 0. The average Bonchev–Trinajstić information content (AvgIpc) is 1.67. The van der Waals surface area contributed by atoms with Crippen LogP contribution in [0, 0.1) is 0 Å².